The molecule has 2 aromatic carbocycles. The monoisotopic (exact) mass is 417 g/mol. The van der Waals surface area contributed by atoms with Gasteiger partial charge in [0.25, 0.3) is 0 Å². The number of aromatic nitrogens is 1. The van der Waals surface area contributed by atoms with Gasteiger partial charge in [-0.15, -0.1) is 11.8 Å². The molecule has 0 saturated heterocycles. The Kier molecular flexibility index (Phi) is 6.72. The summed E-state index contributed by atoms with van der Waals surface area (Å²) in [6.45, 7) is 0.857. The molecule has 0 amide bonds. The molecular weight excluding hydrogens is 394 g/mol. The highest BCUT2D eigenvalue weighted by Crippen LogP contribution is 2.31. The number of aliphatic hydroxyl groups excluding tert-OH is 1. The first-order chi connectivity index (χ1) is 14.8. The first kappa shape index (κ1) is 20.1. The second-order valence-corrected chi connectivity index (χ2v) is 8.05. The summed E-state index contributed by atoms with van der Waals surface area (Å²) >= 11 is 1.64. The van der Waals surface area contributed by atoms with Crippen LogP contribution in [0.15, 0.2) is 95.9 Å². The summed E-state index contributed by atoms with van der Waals surface area (Å²) in [6.07, 6.45) is 6.19. The third kappa shape index (κ3) is 5.45. The Balaban J connectivity index is 1.33. The van der Waals surface area contributed by atoms with Crippen molar-refractivity contribution in [2.24, 2.45) is 0 Å². The average Bonchev–Trinajstić information content (AvgIpc) is 2.80. The van der Waals surface area contributed by atoms with Crippen LogP contribution >= 0.6 is 11.8 Å². The Labute approximate surface area is 180 Å². The number of pyridine rings is 1. The van der Waals surface area contributed by atoms with Crippen molar-refractivity contribution in [1.82, 2.24) is 4.98 Å². The molecule has 0 radical (unpaired) electrons. The van der Waals surface area contributed by atoms with Crippen LogP contribution in [0.4, 0.5) is 0 Å². The molecule has 0 aliphatic carbocycles. The van der Waals surface area contributed by atoms with Gasteiger partial charge in [0.1, 0.15) is 30.5 Å². The van der Waals surface area contributed by atoms with E-state index in [-0.39, 0.29) is 5.76 Å². The Hall–Kier alpha value is -3.18. The molecule has 0 fully saturated rings. The van der Waals surface area contributed by atoms with Crippen LogP contribution in [-0.2, 0) is 17.8 Å². The number of thioether (sulfide) groups is 1. The SMILES string of the molecule is OC1=C(SCCc2ccccc2)COC(c2ccc(OCc3cccnc3)cc2)=C1. The topological polar surface area (TPSA) is 51.6 Å². The Morgan fingerprint density at radius 3 is 2.50 bits per heavy atom. The van der Waals surface area contributed by atoms with E-state index in [1.807, 2.05) is 54.6 Å². The van der Waals surface area contributed by atoms with Crippen LogP contribution in [-0.4, -0.2) is 22.5 Å². The summed E-state index contributed by atoms with van der Waals surface area (Å²) in [4.78, 5) is 4.95. The Morgan fingerprint density at radius 2 is 1.77 bits per heavy atom. The molecule has 0 saturated carbocycles. The van der Waals surface area contributed by atoms with Crippen molar-refractivity contribution < 1.29 is 14.6 Å². The van der Waals surface area contributed by atoms with Gasteiger partial charge >= 0.3 is 0 Å². The zero-order valence-corrected chi connectivity index (χ0v) is 17.3. The van der Waals surface area contributed by atoms with Gasteiger partial charge in [-0.3, -0.25) is 4.98 Å². The lowest BCUT2D eigenvalue weighted by Gasteiger charge is -2.19. The van der Waals surface area contributed by atoms with Gasteiger partial charge in [0.2, 0.25) is 0 Å². The van der Waals surface area contributed by atoms with Crippen molar-refractivity contribution in [3.63, 3.8) is 0 Å². The van der Waals surface area contributed by atoms with Gasteiger partial charge in [0.15, 0.2) is 0 Å². The number of hydrogen-bond donors (Lipinski definition) is 1. The van der Waals surface area contributed by atoms with Gasteiger partial charge in [-0.2, -0.15) is 0 Å². The smallest absolute Gasteiger partial charge is 0.132 e. The van der Waals surface area contributed by atoms with E-state index < -0.39 is 0 Å². The van der Waals surface area contributed by atoms with Crippen LogP contribution in [0, 0.1) is 0 Å². The van der Waals surface area contributed by atoms with Gasteiger partial charge in [-0.05, 0) is 42.3 Å². The zero-order chi connectivity index (χ0) is 20.6. The number of aryl methyl sites for hydroxylation is 1. The molecule has 0 bridgehead atoms. The van der Waals surface area contributed by atoms with Gasteiger partial charge < -0.3 is 14.6 Å². The molecule has 0 spiro atoms. The second-order valence-electron chi connectivity index (χ2n) is 6.86. The third-order valence-corrected chi connectivity index (χ3v) is 5.77. The second kappa shape index (κ2) is 10.0. The van der Waals surface area contributed by atoms with Gasteiger partial charge in [-0.25, -0.2) is 0 Å². The standard InChI is InChI=1S/C25H23NO3S/c27-23-15-24(29-18-25(23)30-14-12-19-5-2-1-3-6-19)21-8-10-22(11-9-21)28-17-20-7-4-13-26-16-20/h1-11,13,15-16,27H,12,14,17-18H2. The van der Waals surface area contributed by atoms with E-state index in [0.717, 1.165) is 34.0 Å². The highest BCUT2D eigenvalue weighted by Gasteiger charge is 2.16. The van der Waals surface area contributed by atoms with E-state index in [1.165, 1.54) is 5.56 Å². The highest BCUT2D eigenvalue weighted by atomic mass is 32.2. The summed E-state index contributed by atoms with van der Waals surface area (Å²) in [5.74, 6) is 2.62. The molecule has 3 aromatic rings. The quantitative estimate of drug-likeness (QED) is 0.504. The number of allylic oxidation sites excluding steroid dienone is 1. The van der Waals surface area contributed by atoms with Crippen molar-refractivity contribution in [2.45, 2.75) is 13.0 Å². The minimum absolute atomic E-state index is 0.284. The molecule has 1 aliphatic heterocycles. The summed E-state index contributed by atoms with van der Waals surface area (Å²) in [6, 6.07) is 21.9. The van der Waals surface area contributed by atoms with Crippen LogP contribution < -0.4 is 4.74 Å². The molecule has 4 nitrogen and oxygen atoms in total. The van der Waals surface area contributed by atoms with E-state index in [9.17, 15) is 5.11 Å². The average molecular weight is 418 g/mol. The van der Waals surface area contributed by atoms with E-state index in [2.05, 4.69) is 17.1 Å². The maximum atomic E-state index is 10.4. The minimum atomic E-state index is 0.284. The highest BCUT2D eigenvalue weighted by molar-refractivity contribution is 8.03. The summed E-state index contributed by atoms with van der Waals surface area (Å²) in [5.41, 5.74) is 3.22. The normalized spacial score (nSPS) is 13.5. The van der Waals surface area contributed by atoms with E-state index >= 15 is 0 Å². The number of ether oxygens (including phenoxy) is 2. The molecule has 30 heavy (non-hydrogen) atoms. The zero-order valence-electron chi connectivity index (χ0n) is 16.5. The number of rotatable bonds is 8. The molecular formula is C25H23NO3S. The van der Waals surface area contributed by atoms with Crippen LogP contribution in [0.3, 0.4) is 0 Å². The van der Waals surface area contributed by atoms with Crippen molar-refractivity contribution >= 4 is 17.5 Å². The fourth-order valence-corrected chi connectivity index (χ4v) is 3.98. The predicted octanol–water partition coefficient (Wildman–Crippen LogP) is 5.78. The van der Waals surface area contributed by atoms with E-state index in [0.29, 0.717) is 19.0 Å². The lowest BCUT2D eigenvalue weighted by molar-refractivity contribution is 0.294. The first-order valence-electron chi connectivity index (χ1n) is 9.83. The van der Waals surface area contributed by atoms with Crippen LogP contribution in [0.5, 0.6) is 5.75 Å². The van der Waals surface area contributed by atoms with Crippen molar-refractivity contribution in [1.29, 1.82) is 0 Å². The third-order valence-electron chi connectivity index (χ3n) is 4.69. The molecule has 1 aliphatic rings. The first-order valence-corrected chi connectivity index (χ1v) is 10.8. The number of aliphatic hydroxyl groups is 1. The largest absolute Gasteiger partial charge is 0.507 e. The van der Waals surface area contributed by atoms with Crippen molar-refractivity contribution in [3.8, 4) is 5.75 Å². The van der Waals surface area contributed by atoms with Gasteiger partial charge in [0.05, 0.1) is 4.91 Å². The molecule has 5 heteroatoms. The minimum Gasteiger partial charge on any atom is -0.507 e. The predicted molar refractivity (Wildman–Crippen MR) is 121 cm³/mol. The number of benzene rings is 2. The van der Waals surface area contributed by atoms with Crippen LogP contribution in [0.1, 0.15) is 16.7 Å². The number of nitrogens with zero attached hydrogens (tertiary/aromatic N) is 1. The maximum absolute atomic E-state index is 10.4. The van der Waals surface area contributed by atoms with Gasteiger partial charge in [-0.1, -0.05) is 36.4 Å². The molecule has 2 heterocycles. The van der Waals surface area contributed by atoms with E-state index in [1.54, 1.807) is 30.2 Å². The van der Waals surface area contributed by atoms with Gasteiger partial charge in [0, 0.05) is 35.3 Å². The summed E-state index contributed by atoms with van der Waals surface area (Å²) in [5, 5.41) is 10.4. The lowest BCUT2D eigenvalue weighted by atomic mass is 10.1. The molecule has 0 atom stereocenters. The molecule has 1 N–H and O–H groups in total. The Bertz CT molecular complexity index is 1020. The fourth-order valence-electron chi connectivity index (χ4n) is 3.05. The van der Waals surface area contributed by atoms with E-state index in [4.69, 9.17) is 9.47 Å². The van der Waals surface area contributed by atoms with Crippen molar-refractivity contribution in [3.05, 3.63) is 113 Å². The fraction of sp³-hybridized carbons (Fsp3) is 0.160. The molecule has 4 rings (SSSR count). The lowest BCUT2D eigenvalue weighted by Crippen LogP contribution is -2.06. The van der Waals surface area contributed by atoms with Crippen LogP contribution in [0.25, 0.3) is 5.76 Å². The summed E-state index contributed by atoms with van der Waals surface area (Å²) in [7, 11) is 0. The Morgan fingerprint density at radius 1 is 0.967 bits per heavy atom. The number of hydrogen-bond acceptors (Lipinski definition) is 5. The summed E-state index contributed by atoms with van der Waals surface area (Å²) < 4.78 is 11.7. The van der Waals surface area contributed by atoms with Crippen LogP contribution in [0.2, 0.25) is 0 Å². The molecule has 0 unspecified atom stereocenters. The maximum Gasteiger partial charge on any atom is 0.132 e. The molecule has 152 valence electrons. The van der Waals surface area contributed by atoms with Crippen molar-refractivity contribution in [2.75, 3.05) is 12.4 Å². The molecule has 1 aromatic heterocycles.